The predicted molar refractivity (Wildman–Crippen MR) is 120 cm³/mol. The number of nitrogens with one attached hydrogen (secondary N) is 2. The normalized spacial score (nSPS) is 11.1. The van der Waals surface area contributed by atoms with E-state index >= 15 is 0 Å². The summed E-state index contributed by atoms with van der Waals surface area (Å²) in [6.45, 7) is 15.6. The fourth-order valence-electron chi connectivity index (χ4n) is 3.21. The molecule has 1 aromatic rings. The molecule has 7 heteroatoms. The standard InChI is InChI=1S/C22H39N5O2/c1-5-26(6-2)13-9-11-24-21(28)18-15-19(17-20(23)16-18)22(29)25-12-10-14-27(7-3)8-4/h15-17H,5-14,23H2,1-4H3,(H,24,28)(H,25,29). The summed E-state index contributed by atoms with van der Waals surface area (Å²) >= 11 is 0. The SMILES string of the molecule is CCN(CC)CCCNC(=O)c1cc(N)cc(C(=O)NCCCN(CC)CC)c1. The maximum atomic E-state index is 12.4. The Morgan fingerprint density at radius 1 is 0.759 bits per heavy atom. The van der Waals surface area contributed by atoms with Crippen LogP contribution < -0.4 is 16.4 Å². The zero-order chi connectivity index (χ0) is 21.6. The van der Waals surface area contributed by atoms with Gasteiger partial charge in [-0.2, -0.15) is 0 Å². The van der Waals surface area contributed by atoms with Gasteiger partial charge in [0, 0.05) is 29.9 Å². The second-order valence-electron chi connectivity index (χ2n) is 7.12. The van der Waals surface area contributed by atoms with Crippen molar-refractivity contribution in [3.05, 3.63) is 29.3 Å². The molecule has 0 aliphatic carbocycles. The van der Waals surface area contributed by atoms with Crippen molar-refractivity contribution in [3.8, 4) is 0 Å². The number of anilines is 1. The monoisotopic (exact) mass is 405 g/mol. The molecule has 0 unspecified atom stereocenters. The quantitative estimate of drug-likeness (QED) is 0.326. The van der Waals surface area contributed by atoms with E-state index in [1.54, 1.807) is 18.2 Å². The Bertz CT molecular complexity index is 577. The van der Waals surface area contributed by atoms with Gasteiger partial charge in [0.25, 0.3) is 11.8 Å². The molecule has 0 spiro atoms. The molecule has 0 radical (unpaired) electrons. The summed E-state index contributed by atoms with van der Waals surface area (Å²) in [5, 5.41) is 5.83. The number of nitrogens with zero attached hydrogens (tertiary/aromatic N) is 2. The molecule has 7 nitrogen and oxygen atoms in total. The fraction of sp³-hybridized carbons (Fsp3) is 0.636. The third-order valence-corrected chi connectivity index (χ3v) is 5.14. The highest BCUT2D eigenvalue weighted by atomic mass is 16.2. The van der Waals surface area contributed by atoms with E-state index in [9.17, 15) is 9.59 Å². The Kier molecular flexibility index (Phi) is 12.0. The molecular weight excluding hydrogens is 366 g/mol. The molecule has 0 aliphatic heterocycles. The first kappa shape index (κ1) is 24.9. The Morgan fingerprint density at radius 3 is 1.48 bits per heavy atom. The van der Waals surface area contributed by atoms with Gasteiger partial charge in [0.2, 0.25) is 0 Å². The van der Waals surface area contributed by atoms with Crippen LogP contribution in [0.25, 0.3) is 0 Å². The van der Waals surface area contributed by atoms with Crippen LogP contribution in [-0.4, -0.2) is 74.0 Å². The molecule has 164 valence electrons. The molecule has 0 atom stereocenters. The van der Waals surface area contributed by atoms with E-state index in [-0.39, 0.29) is 11.8 Å². The number of benzene rings is 1. The molecule has 2 amide bonds. The van der Waals surface area contributed by atoms with Crippen LogP contribution >= 0.6 is 0 Å². The zero-order valence-corrected chi connectivity index (χ0v) is 18.6. The molecule has 0 heterocycles. The van der Waals surface area contributed by atoms with Crippen molar-refractivity contribution in [2.24, 2.45) is 0 Å². The lowest BCUT2D eigenvalue weighted by Gasteiger charge is -2.18. The van der Waals surface area contributed by atoms with E-state index in [0.29, 0.717) is 29.9 Å². The lowest BCUT2D eigenvalue weighted by atomic mass is 10.1. The highest BCUT2D eigenvalue weighted by Crippen LogP contribution is 2.12. The summed E-state index contributed by atoms with van der Waals surface area (Å²) in [6, 6.07) is 4.82. The molecule has 0 aromatic heterocycles. The van der Waals surface area contributed by atoms with Gasteiger partial charge in [-0.1, -0.05) is 27.7 Å². The fourth-order valence-corrected chi connectivity index (χ4v) is 3.21. The number of rotatable bonds is 14. The number of nitrogens with two attached hydrogens (primary N) is 1. The van der Waals surface area contributed by atoms with Crippen molar-refractivity contribution in [3.63, 3.8) is 0 Å². The molecule has 0 aliphatic rings. The van der Waals surface area contributed by atoms with Crippen molar-refractivity contribution in [1.29, 1.82) is 0 Å². The predicted octanol–water partition coefficient (Wildman–Crippen LogP) is 2.19. The van der Waals surface area contributed by atoms with Gasteiger partial charge in [-0.25, -0.2) is 0 Å². The molecule has 1 aromatic carbocycles. The Balaban J connectivity index is 2.54. The third-order valence-electron chi connectivity index (χ3n) is 5.14. The van der Waals surface area contributed by atoms with Gasteiger partial charge in [-0.15, -0.1) is 0 Å². The van der Waals surface area contributed by atoms with Gasteiger partial charge in [-0.3, -0.25) is 9.59 Å². The first-order chi connectivity index (χ1) is 13.9. The summed E-state index contributed by atoms with van der Waals surface area (Å²) in [7, 11) is 0. The summed E-state index contributed by atoms with van der Waals surface area (Å²) in [5.41, 5.74) is 7.17. The Hall–Kier alpha value is -2.12. The Morgan fingerprint density at radius 2 is 1.14 bits per heavy atom. The number of hydrogen-bond acceptors (Lipinski definition) is 5. The number of carbonyl (C=O) groups is 2. The first-order valence-corrected chi connectivity index (χ1v) is 10.9. The topological polar surface area (TPSA) is 90.7 Å². The van der Waals surface area contributed by atoms with Crippen LogP contribution in [0.3, 0.4) is 0 Å². The van der Waals surface area contributed by atoms with Gasteiger partial charge < -0.3 is 26.2 Å². The van der Waals surface area contributed by atoms with Gasteiger partial charge in [0.1, 0.15) is 0 Å². The molecule has 0 fully saturated rings. The van der Waals surface area contributed by atoms with Gasteiger partial charge in [-0.05, 0) is 70.3 Å². The van der Waals surface area contributed by atoms with Crippen LogP contribution in [-0.2, 0) is 0 Å². The van der Waals surface area contributed by atoms with E-state index in [2.05, 4.69) is 48.1 Å². The van der Waals surface area contributed by atoms with Crippen molar-refractivity contribution in [2.75, 3.05) is 58.1 Å². The van der Waals surface area contributed by atoms with Gasteiger partial charge >= 0.3 is 0 Å². The summed E-state index contributed by atoms with van der Waals surface area (Å²) < 4.78 is 0. The third kappa shape index (κ3) is 9.28. The van der Waals surface area contributed by atoms with E-state index in [4.69, 9.17) is 5.73 Å². The molecule has 0 saturated heterocycles. The van der Waals surface area contributed by atoms with Gasteiger partial charge in [0.05, 0.1) is 0 Å². The molecule has 0 bridgehead atoms. The van der Waals surface area contributed by atoms with E-state index in [0.717, 1.165) is 52.1 Å². The number of hydrogen-bond donors (Lipinski definition) is 3. The van der Waals surface area contributed by atoms with E-state index in [1.807, 2.05) is 0 Å². The summed E-state index contributed by atoms with van der Waals surface area (Å²) in [6.07, 6.45) is 1.77. The lowest BCUT2D eigenvalue weighted by Crippen LogP contribution is -2.31. The first-order valence-electron chi connectivity index (χ1n) is 10.9. The Labute approximate surface area is 176 Å². The van der Waals surface area contributed by atoms with E-state index in [1.165, 1.54) is 0 Å². The minimum absolute atomic E-state index is 0.201. The van der Waals surface area contributed by atoms with Crippen LogP contribution in [0.5, 0.6) is 0 Å². The number of carbonyl (C=O) groups excluding carboxylic acids is 2. The smallest absolute Gasteiger partial charge is 0.251 e. The lowest BCUT2D eigenvalue weighted by molar-refractivity contribution is 0.0951. The maximum Gasteiger partial charge on any atom is 0.251 e. The molecule has 29 heavy (non-hydrogen) atoms. The molecule has 1 rings (SSSR count). The zero-order valence-electron chi connectivity index (χ0n) is 18.6. The second kappa shape index (κ2) is 14.0. The number of nitrogen functional groups attached to an aromatic ring is 1. The minimum Gasteiger partial charge on any atom is -0.399 e. The largest absolute Gasteiger partial charge is 0.399 e. The van der Waals surface area contributed by atoms with Crippen molar-refractivity contribution >= 4 is 17.5 Å². The molecular formula is C22H39N5O2. The van der Waals surface area contributed by atoms with Crippen LogP contribution in [0.15, 0.2) is 18.2 Å². The van der Waals surface area contributed by atoms with Crippen LogP contribution in [0.1, 0.15) is 61.3 Å². The average Bonchev–Trinajstić information content (AvgIpc) is 2.73. The average molecular weight is 406 g/mol. The van der Waals surface area contributed by atoms with Crippen LogP contribution in [0.2, 0.25) is 0 Å². The highest BCUT2D eigenvalue weighted by molar-refractivity contribution is 6.00. The molecule has 4 N–H and O–H groups in total. The highest BCUT2D eigenvalue weighted by Gasteiger charge is 2.12. The number of amides is 2. The summed E-state index contributed by atoms with van der Waals surface area (Å²) in [4.78, 5) is 29.5. The van der Waals surface area contributed by atoms with Crippen molar-refractivity contribution in [1.82, 2.24) is 20.4 Å². The minimum atomic E-state index is -0.201. The maximum absolute atomic E-state index is 12.4. The van der Waals surface area contributed by atoms with Crippen molar-refractivity contribution < 1.29 is 9.59 Å². The van der Waals surface area contributed by atoms with Gasteiger partial charge in [0.15, 0.2) is 0 Å². The second-order valence-corrected chi connectivity index (χ2v) is 7.12. The summed E-state index contributed by atoms with van der Waals surface area (Å²) in [5.74, 6) is -0.403. The van der Waals surface area contributed by atoms with Crippen molar-refractivity contribution in [2.45, 2.75) is 40.5 Å². The van der Waals surface area contributed by atoms with Crippen LogP contribution in [0, 0.1) is 0 Å². The van der Waals surface area contributed by atoms with Crippen LogP contribution in [0.4, 0.5) is 5.69 Å². The van der Waals surface area contributed by atoms with E-state index < -0.39 is 0 Å². The molecule has 0 saturated carbocycles.